The van der Waals surface area contributed by atoms with Gasteiger partial charge in [0.1, 0.15) is 17.2 Å². The van der Waals surface area contributed by atoms with Crippen LogP contribution in [-0.2, 0) is 9.53 Å². The molecule has 3 rings (SSSR count). The summed E-state index contributed by atoms with van der Waals surface area (Å²) < 4.78 is 49.9. The van der Waals surface area contributed by atoms with Gasteiger partial charge in [0.25, 0.3) is 0 Å². The molecule has 0 aliphatic carbocycles. The molecule has 210 valence electrons. The minimum atomic E-state index is -3.35. The highest BCUT2D eigenvalue weighted by Crippen LogP contribution is 2.60. The van der Waals surface area contributed by atoms with E-state index < -0.39 is 22.3 Å². The van der Waals surface area contributed by atoms with E-state index in [9.17, 15) is 18.3 Å². The molecule has 2 unspecified atom stereocenters. The van der Waals surface area contributed by atoms with Crippen molar-refractivity contribution in [1.82, 2.24) is 4.31 Å². The molecule has 2 aromatic carbocycles. The molecule has 0 fully saturated rings. The molecule has 0 saturated carbocycles. The quantitative estimate of drug-likeness (QED) is 0.137. The largest absolute Gasteiger partial charge is 0.463 e. The first-order valence-electron chi connectivity index (χ1n) is 13.0. The van der Waals surface area contributed by atoms with E-state index in [-0.39, 0.29) is 17.8 Å². The van der Waals surface area contributed by atoms with Gasteiger partial charge in [0.2, 0.25) is 0 Å². The summed E-state index contributed by atoms with van der Waals surface area (Å²) in [6.07, 6.45) is 5.91. The van der Waals surface area contributed by atoms with Crippen molar-refractivity contribution in [2.24, 2.45) is 0 Å². The van der Waals surface area contributed by atoms with Crippen molar-refractivity contribution < 1.29 is 27.8 Å². The molecule has 0 aromatic heterocycles. The first-order chi connectivity index (χ1) is 17.9. The highest BCUT2D eigenvalue weighted by Gasteiger charge is 2.39. The summed E-state index contributed by atoms with van der Waals surface area (Å²) in [5, 5.41) is 0. The molecule has 0 bridgehead atoms. The molecule has 9 heteroatoms. The maximum Gasteiger partial charge on any atom is 0.334 e. The van der Waals surface area contributed by atoms with Crippen LogP contribution in [0.5, 0.6) is 5.75 Å². The Morgan fingerprint density at radius 2 is 1.89 bits per heavy atom. The van der Waals surface area contributed by atoms with Crippen LogP contribution in [0.2, 0.25) is 0 Å². The number of nitrogens with zero attached hydrogens (tertiary/aromatic N) is 1. The van der Waals surface area contributed by atoms with E-state index in [0.29, 0.717) is 17.1 Å². The van der Waals surface area contributed by atoms with Gasteiger partial charge in [-0.1, -0.05) is 38.8 Å². The van der Waals surface area contributed by atoms with Gasteiger partial charge in [0.05, 0.1) is 22.1 Å². The maximum absolute atomic E-state index is 13.8. The molecule has 6 nitrogen and oxygen atoms in total. The Morgan fingerprint density at radius 3 is 2.50 bits per heavy atom. The van der Waals surface area contributed by atoms with Crippen LogP contribution in [0, 0.1) is 5.82 Å². The Kier molecular flexibility index (Phi) is 10.3. The Balaban J connectivity index is 2.11. The van der Waals surface area contributed by atoms with E-state index in [4.69, 9.17) is 9.47 Å². The predicted octanol–water partition coefficient (Wildman–Crippen LogP) is 8.22. The smallest absolute Gasteiger partial charge is 0.334 e. The van der Waals surface area contributed by atoms with Crippen molar-refractivity contribution in [2.45, 2.75) is 87.7 Å². The average molecular weight is 566 g/mol. The fourth-order valence-corrected chi connectivity index (χ4v) is 7.06. The van der Waals surface area contributed by atoms with E-state index in [1.807, 2.05) is 13.0 Å². The van der Waals surface area contributed by atoms with Gasteiger partial charge >= 0.3 is 5.97 Å². The fraction of sp³-hybridized carbons (Fsp3) is 0.483. The number of hydrogen-bond acceptors (Lipinski definition) is 7. The van der Waals surface area contributed by atoms with E-state index in [1.54, 1.807) is 62.1 Å². The molecule has 2 aromatic rings. The molecular weight excluding hydrogens is 525 g/mol. The van der Waals surface area contributed by atoms with Crippen molar-refractivity contribution in [2.75, 3.05) is 12.8 Å². The third-order valence-corrected chi connectivity index (χ3v) is 9.40. The maximum atomic E-state index is 13.8. The topological polar surface area (TPSA) is 79.2 Å². The molecule has 1 heterocycles. The molecule has 1 aliphatic rings. The summed E-state index contributed by atoms with van der Waals surface area (Å²) in [6, 6.07) is 10.0. The van der Waals surface area contributed by atoms with E-state index in [1.165, 1.54) is 24.5 Å². The zero-order valence-electron chi connectivity index (χ0n) is 23.1. The van der Waals surface area contributed by atoms with Crippen LogP contribution < -0.4 is 4.74 Å². The number of fused-ring (bicyclic) bond motifs is 1. The van der Waals surface area contributed by atoms with Gasteiger partial charge in [-0.3, -0.25) is 9.11 Å². The first-order valence-corrected chi connectivity index (χ1v) is 15.5. The number of thioether (sulfide) groups is 1. The van der Waals surface area contributed by atoms with Gasteiger partial charge in [-0.15, -0.1) is 22.5 Å². The van der Waals surface area contributed by atoms with Crippen LogP contribution in [0.4, 0.5) is 4.39 Å². The number of benzene rings is 2. The minimum Gasteiger partial charge on any atom is -0.463 e. The summed E-state index contributed by atoms with van der Waals surface area (Å²) in [5.74, 6) is 0.187. The second kappa shape index (κ2) is 12.9. The lowest BCUT2D eigenvalue weighted by molar-refractivity contribution is -0.148. The van der Waals surface area contributed by atoms with E-state index in [0.717, 1.165) is 41.0 Å². The number of esters is 1. The standard InChI is InChI=1S/C29H40FNO5S2/c1-7-9-10-22-17-23(20-11-13-21(30)14-12-20)24-18-26(37-8-2)25(19-27(24)38(33,34)31(22)6)35-16-15-28(32)36-29(3,4)5/h11-16,18-19,22-23,33-34H,7-10,17H2,1-6H3/b16-15+. The summed E-state index contributed by atoms with van der Waals surface area (Å²) >= 11 is 1.56. The van der Waals surface area contributed by atoms with Crippen molar-refractivity contribution >= 4 is 28.5 Å². The van der Waals surface area contributed by atoms with Gasteiger partial charge in [-0.05, 0) is 68.7 Å². The molecule has 0 saturated heterocycles. The number of ether oxygens (including phenoxy) is 2. The summed E-state index contributed by atoms with van der Waals surface area (Å²) in [4.78, 5) is 13.3. The monoisotopic (exact) mass is 565 g/mol. The van der Waals surface area contributed by atoms with Crippen molar-refractivity contribution in [3.8, 4) is 5.75 Å². The second-order valence-corrected chi connectivity index (χ2v) is 13.8. The second-order valence-electron chi connectivity index (χ2n) is 10.4. The highest BCUT2D eigenvalue weighted by molar-refractivity contribution is 8.22. The van der Waals surface area contributed by atoms with Crippen LogP contribution in [-0.4, -0.2) is 43.8 Å². The summed E-state index contributed by atoms with van der Waals surface area (Å²) in [7, 11) is -1.60. The molecule has 38 heavy (non-hydrogen) atoms. The summed E-state index contributed by atoms with van der Waals surface area (Å²) in [6.45, 7) is 9.50. The third kappa shape index (κ3) is 7.54. The Morgan fingerprint density at radius 1 is 1.21 bits per heavy atom. The van der Waals surface area contributed by atoms with Crippen LogP contribution in [0.15, 0.2) is 58.5 Å². The SMILES string of the molecule is CCCCC1CC(c2ccc(F)cc2)c2cc(SCC)c(O/C=C/C(=O)OC(C)(C)C)cc2S(O)(O)N1C. The van der Waals surface area contributed by atoms with Crippen LogP contribution >= 0.6 is 22.5 Å². The highest BCUT2D eigenvalue weighted by atomic mass is 32.3. The molecule has 2 atom stereocenters. The minimum absolute atomic E-state index is 0.0823. The lowest BCUT2D eigenvalue weighted by atomic mass is 9.84. The van der Waals surface area contributed by atoms with Gasteiger partial charge < -0.3 is 9.47 Å². The Bertz CT molecular complexity index is 1130. The van der Waals surface area contributed by atoms with Crippen LogP contribution in [0.3, 0.4) is 0 Å². The molecule has 1 aliphatic heterocycles. The van der Waals surface area contributed by atoms with Crippen LogP contribution in [0.25, 0.3) is 0 Å². The third-order valence-electron chi connectivity index (χ3n) is 6.44. The number of unbranched alkanes of at least 4 members (excludes halogenated alkanes) is 1. The van der Waals surface area contributed by atoms with Gasteiger partial charge in [0.15, 0.2) is 0 Å². The zero-order chi connectivity index (χ0) is 28.1. The lowest BCUT2D eigenvalue weighted by Crippen LogP contribution is -2.33. The van der Waals surface area contributed by atoms with Crippen LogP contribution in [0.1, 0.15) is 77.3 Å². The Labute approximate surface area is 232 Å². The van der Waals surface area contributed by atoms with Crippen molar-refractivity contribution in [3.05, 3.63) is 65.7 Å². The lowest BCUT2D eigenvalue weighted by Gasteiger charge is -2.44. The molecule has 2 N–H and O–H groups in total. The zero-order valence-corrected chi connectivity index (χ0v) is 24.7. The predicted molar refractivity (Wildman–Crippen MR) is 154 cm³/mol. The molecule has 0 spiro atoms. The van der Waals surface area contributed by atoms with Crippen molar-refractivity contribution in [3.63, 3.8) is 0 Å². The molecular formula is C29H40FNO5S2. The fourth-order valence-electron chi connectivity index (χ4n) is 4.59. The summed E-state index contributed by atoms with van der Waals surface area (Å²) in [5.41, 5.74) is 1.09. The van der Waals surface area contributed by atoms with Gasteiger partial charge in [-0.2, -0.15) is 0 Å². The van der Waals surface area contributed by atoms with Crippen molar-refractivity contribution in [1.29, 1.82) is 0 Å². The number of halogens is 1. The number of rotatable bonds is 9. The number of carbonyl (C=O) groups excluding carboxylic acids is 1. The normalized spacial score (nSPS) is 20.6. The van der Waals surface area contributed by atoms with E-state index in [2.05, 4.69) is 6.92 Å². The number of carbonyl (C=O) groups is 1. The average Bonchev–Trinajstić information content (AvgIpc) is 2.91. The van der Waals surface area contributed by atoms with E-state index >= 15 is 0 Å². The Hall–Kier alpha value is -2.04. The first kappa shape index (κ1) is 30.5. The van der Waals surface area contributed by atoms with Gasteiger partial charge in [-0.25, -0.2) is 13.5 Å². The molecule has 0 radical (unpaired) electrons. The number of hydrogen-bond donors (Lipinski definition) is 2. The van der Waals surface area contributed by atoms with Gasteiger partial charge in [0, 0.05) is 25.1 Å². The molecule has 0 amide bonds.